The van der Waals surface area contributed by atoms with Gasteiger partial charge in [-0.1, -0.05) is 19.1 Å². The maximum absolute atomic E-state index is 12.0. The third-order valence-corrected chi connectivity index (χ3v) is 3.49. The molecule has 2 rings (SSSR count). The van der Waals surface area contributed by atoms with Crippen LogP contribution in [0, 0.1) is 0 Å². The molecule has 0 spiro atoms. The van der Waals surface area contributed by atoms with Crippen molar-refractivity contribution >= 4 is 17.3 Å². The van der Waals surface area contributed by atoms with Gasteiger partial charge in [0.1, 0.15) is 11.5 Å². The topological polar surface area (TPSA) is 59.6 Å². The molecule has 0 saturated heterocycles. The van der Waals surface area contributed by atoms with Crippen LogP contribution in [0.4, 0.5) is 11.4 Å². The molecule has 0 aliphatic carbocycles. The Morgan fingerprint density at radius 2 is 1.78 bits per heavy atom. The van der Waals surface area contributed by atoms with Crippen molar-refractivity contribution in [3.05, 3.63) is 48.0 Å². The Hall–Kier alpha value is -2.69. The fourth-order valence-electron chi connectivity index (χ4n) is 2.16. The normalized spacial score (nSPS) is 10.0. The predicted octanol–water partition coefficient (Wildman–Crippen LogP) is 3.32. The number of rotatable bonds is 7. The average molecular weight is 314 g/mol. The number of ether oxygens (including phenoxy) is 2. The molecule has 0 aromatic heterocycles. The number of nitrogens with one attached hydrogen (secondary N) is 2. The Morgan fingerprint density at radius 1 is 1.04 bits per heavy atom. The summed E-state index contributed by atoms with van der Waals surface area (Å²) >= 11 is 0. The summed E-state index contributed by atoms with van der Waals surface area (Å²) in [6.45, 7) is 2.23. The van der Waals surface area contributed by atoms with Crippen LogP contribution in [0.5, 0.6) is 11.5 Å². The highest BCUT2D eigenvalue weighted by molar-refractivity contribution is 5.94. The molecule has 2 aromatic rings. The SMILES string of the molecule is CCc1ccc(NC(=O)CNc2cc(OC)ccc2OC)cc1. The molecule has 23 heavy (non-hydrogen) atoms. The Balaban J connectivity index is 1.95. The van der Waals surface area contributed by atoms with Gasteiger partial charge in [0.25, 0.3) is 0 Å². The lowest BCUT2D eigenvalue weighted by Crippen LogP contribution is -2.22. The summed E-state index contributed by atoms with van der Waals surface area (Å²) in [5, 5.41) is 5.92. The van der Waals surface area contributed by atoms with Gasteiger partial charge in [-0.25, -0.2) is 0 Å². The molecule has 0 unspecified atom stereocenters. The molecule has 0 aliphatic heterocycles. The van der Waals surface area contributed by atoms with Gasteiger partial charge in [-0.05, 0) is 36.2 Å². The molecule has 0 radical (unpaired) electrons. The molecule has 5 nitrogen and oxygen atoms in total. The zero-order valence-corrected chi connectivity index (χ0v) is 13.7. The lowest BCUT2D eigenvalue weighted by molar-refractivity contribution is -0.114. The number of methoxy groups -OCH3 is 2. The van der Waals surface area contributed by atoms with E-state index >= 15 is 0 Å². The Kier molecular flexibility index (Phi) is 5.86. The Labute approximate surface area is 136 Å². The Bertz CT molecular complexity index is 654. The zero-order valence-electron chi connectivity index (χ0n) is 13.7. The molecule has 2 aromatic carbocycles. The monoisotopic (exact) mass is 314 g/mol. The summed E-state index contributed by atoms with van der Waals surface area (Å²) in [4.78, 5) is 12.0. The van der Waals surface area contributed by atoms with E-state index in [4.69, 9.17) is 9.47 Å². The average Bonchev–Trinajstić information content (AvgIpc) is 2.60. The van der Waals surface area contributed by atoms with E-state index in [2.05, 4.69) is 17.6 Å². The highest BCUT2D eigenvalue weighted by Crippen LogP contribution is 2.28. The molecule has 122 valence electrons. The fourth-order valence-corrected chi connectivity index (χ4v) is 2.16. The van der Waals surface area contributed by atoms with Crippen LogP contribution in [0.2, 0.25) is 0 Å². The fraction of sp³-hybridized carbons (Fsp3) is 0.278. The van der Waals surface area contributed by atoms with Crippen molar-refractivity contribution in [3.63, 3.8) is 0 Å². The first-order valence-corrected chi connectivity index (χ1v) is 7.51. The number of aryl methyl sites for hydroxylation is 1. The highest BCUT2D eigenvalue weighted by atomic mass is 16.5. The summed E-state index contributed by atoms with van der Waals surface area (Å²) in [7, 11) is 3.18. The first-order valence-electron chi connectivity index (χ1n) is 7.51. The summed E-state index contributed by atoms with van der Waals surface area (Å²) in [5.41, 5.74) is 2.73. The van der Waals surface area contributed by atoms with E-state index in [1.807, 2.05) is 24.3 Å². The third-order valence-electron chi connectivity index (χ3n) is 3.49. The summed E-state index contributed by atoms with van der Waals surface area (Å²) in [5.74, 6) is 1.23. The molecule has 0 fully saturated rings. The minimum absolute atomic E-state index is 0.126. The van der Waals surface area contributed by atoms with E-state index in [-0.39, 0.29) is 12.5 Å². The second-order valence-electron chi connectivity index (χ2n) is 5.02. The van der Waals surface area contributed by atoms with Crippen molar-refractivity contribution in [1.82, 2.24) is 0 Å². The van der Waals surface area contributed by atoms with Crippen LogP contribution in [0.15, 0.2) is 42.5 Å². The van der Waals surface area contributed by atoms with Crippen LogP contribution in [0.25, 0.3) is 0 Å². The number of anilines is 2. The third kappa shape index (κ3) is 4.64. The first kappa shape index (κ1) is 16.7. The van der Waals surface area contributed by atoms with Crippen molar-refractivity contribution in [2.45, 2.75) is 13.3 Å². The number of benzene rings is 2. The van der Waals surface area contributed by atoms with Crippen molar-refractivity contribution in [3.8, 4) is 11.5 Å². The molecule has 1 amide bonds. The minimum Gasteiger partial charge on any atom is -0.497 e. The van der Waals surface area contributed by atoms with Crippen LogP contribution >= 0.6 is 0 Å². The summed E-state index contributed by atoms with van der Waals surface area (Å²) < 4.78 is 10.5. The van der Waals surface area contributed by atoms with Crippen molar-refractivity contribution < 1.29 is 14.3 Å². The number of hydrogen-bond donors (Lipinski definition) is 2. The smallest absolute Gasteiger partial charge is 0.243 e. The van der Waals surface area contributed by atoms with Gasteiger partial charge in [0, 0.05) is 11.8 Å². The van der Waals surface area contributed by atoms with Gasteiger partial charge in [0.05, 0.1) is 26.5 Å². The molecular formula is C18H22N2O3. The molecule has 0 atom stereocenters. The minimum atomic E-state index is -0.126. The molecular weight excluding hydrogens is 292 g/mol. The quantitative estimate of drug-likeness (QED) is 0.823. The second kappa shape index (κ2) is 8.08. The van der Waals surface area contributed by atoms with Crippen LogP contribution in [0.1, 0.15) is 12.5 Å². The van der Waals surface area contributed by atoms with Gasteiger partial charge in [-0.3, -0.25) is 4.79 Å². The number of amides is 1. The van der Waals surface area contributed by atoms with E-state index < -0.39 is 0 Å². The standard InChI is InChI=1S/C18H22N2O3/c1-4-13-5-7-14(8-6-13)20-18(21)12-19-16-11-15(22-2)9-10-17(16)23-3/h5-11,19H,4,12H2,1-3H3,(H,20,21). The maximum atomic E-state index is 12.0. The van der Waals surface area contributed by atoms with Crippen molar-refractivity contribution in [1.29, 1.82) is 0 Å². The van der Waals surface area contributed by atoms with Crippen molar-refractivity contribution in [2.24, 2.45) is 0 Å². The van der Waals surface area contributed by atoms with Gasteiger partial charge in [0.2, 0.25) is 5.91 Å². The van der Waals surface area contributed by atoms with Crippen LogP contribution in [-0.2, 0) is 11.2 Å². The van der Waals surface area contributed by atoms with Gasteiger partial charge in [-0.15, -0.1) is 0 Å². The molecule has 0 saturated carbocycles. The molecule has 5 heteroatoms. The lowest BCUT2D eigenvalue weighted by Gasteiger charge is -2.13. The van der Waals surface area contributed by atoms with E-state index in [0.29, 0.717) is 17.2 Å². The Morgan fingerprint density at radius 3 is 2.39 bits per heavy atom. The maximum Gasteiger partial charge on any atom is 0.243 e. The van der Waals surface area contributed by atoms with E-state index in [1.165, 1.54) is 5.56 Å². The molecule has 2 N–H and O–H groups in total. The lowest BCUT2D eigenvalue weighted by atomic mass is 10.1. The zero-order chi connectivity index (χ0) is 16.7. The van der Waals surface area contributed by atoms with E-state index in [1.54, 1.807) is 32.4 Å². The van der Waals surface area contributed by atoms with Gasteiger partial charge in [-0.2, -0.15) is 0 Å². The number of carbonyl (C=O) groups is 1. The largest absolute Gasteiger partial charge is 0.497 e. The second-order valence-corrected chi connectivity index (χ2v) is 5.02. The van der Waals surface area contributed by atoms with Crippen LogP contribution < -0.4 is 20.1 Å². The predicted molar refractivity (Wildman–Crippen MR) is 92.5 cm³/mol. The first-order chi connectivity index (χ1) is 11.2. The highest BCUT2D eigenvalue weighted by Gasteiger charge is 2.07. The summed E-state index contributed by atoms with van der Waals surface area (Å²) in [6.07, 6.45) is 0.978. The van der Waals surface area contributed by atoms with Crippen LogP contribution in [0.3, 0.4) is 0 Å². The van der Waals surface area contributed by atoms with Crippen molar-refractivity contribution in [2.75, 3.05) is 31.4 Å². The van der Waals surface area contributed by atoms with Crippen LogP contribution in [-0.4, -0.2) is 26.7 Å². The van der Waals surface area contributed by atoms with E-state index in [0.717, 1.165) is 12.1 Å². The van der Waals surface area contributed by atoms with E-state index in [9.17, 15) is 4.79 Å². The summed E-state index contributed by atoms with van der Waals surface area (Å²) in [6, 6.07) is 13.2. The molecule has 0 aliphatic rings. The molecule has 0 heterocycles. The van der Waals surface area contributed by atoms with Gasteiger partial charge < -0.3 is 20.1 Å². The number of carbonyl (C=O) groups excluding carboxylic acids is 1. The number of hydrogen-bond acceptors (Lipinski definition) is 4. The van der Waals surface area contributed by atoms with Gasteiger partial charge in [0.15, 0.2) is 0 Å². The molecule has 0 bridgehead atoms. The van der Waals surface area contributed by atoms with Gasteiger partial charge >= 0.3 is 0 Å².